The summed E-state index contributed by atoms with van der Waals surface area (Å²) in [6.07, 6.45) is 1.94. The first-order valence-corrected chi connectivity index (χ1v) is 12.8. The van der Waals surface area contributed by atoms with E-state index in [1.54, 1.807) is 36.4 Å². The Morgan fingerprint density at radius 2 is 1.40 bits per heavy atom. The highest BCUT2D eigenvalue weighted by atomic mass is 32.2. The van der Waals surface area contributed by atoms with Gasteiger partial charge < -0.3 is 9.47 Å². The lowest BCUT2D eigenvalue weighted by Gasteiger charge is -2.37. The number of ether oxygens (including phenoxy) is 2. The molecular weight excluding hydrogens is 426 g/mol. The topological polar surface area (TPSA) is 90.0 Å². The summed E-state index contributed by atoms with van der Waals surface area (Å²) in [7, 11) is -4.34. The highest BCUT2D eigenvalue weighted by Crippen LogP contribution is 2.43. The first kappa shape index (κ1) is 21.1. The monoisotopic (exact) mass is 451 g/mol. The van der Waals surface area contributed by atoms with Crippen LogP contribution in [0.25, 0.3) is 0 Å². The fourth-order valence-electron chi connectivity index (χ4n) is 4.63. The maximum absolute atomic E-state index is 13.4. The maximum Gasteiger partial charge on any atom is 0.243 e. The predicted octanol–water partition coefficient (Wildman–Crippen LogP) is 2.86. The molecule has 2 atom stereocenters. The number of rotatable bonds is 6. The van der Waals surface area contributed by atoms with Gasteiger partial charge in [-0.15, -0.1) is 0 Å². The number of piperidine rings is 1. The van der Waals surface area contributed by atoms with E-state index >= 15 is 0 Å². The number of nitrogens with zero attached hydrogens (tertiary/aromatic N) is 1. The summed E-state index contributed by atoms with van der Waals surface area (Å²) < 4.78 is 65.0. The van der Waals surface area contributed by atoms with Crippen LogP contribution in [0.5, 0.6) is 11.5 Å². The lowest BCUT2D eigenvalue weighted by molar-refractivity contribution is 0.249. The molecule has 0 spiro atoms. The van der Waals surface area contributed by atoms with Crippen molar-refractivity contribution in [1.29, 1.82) is 0 Å². The van der Waals surface area contributed by atoms with Crippen molar-refractivity contribution < 1.29 is 26.3 Å². The van der Waals surface area contributed by atoms with Crippen LogP contribution < -0.4 is 9.47 Å². The van der Waals surface area contributed by atoms with Gasteiger partial charge in [0.25, 0.3) is 0 Å². The third-order valence-electron chi connectivity index (χ3n) is 6.06. The highest BCUT2D eigenvalue weighted by molar-refractivity contribution is 7.92. The van der Waals surface area contributed by atoms with Gasteiger partial charge in [0, 0.05) is 18.2 Å². The van der Waals surface area contributed by atoms with Gasteiger partial charge in [0.05, 0.1) is 29.3 Å². The molecule has 2 heterocycles. The van der Waals surface area contributed by atoms with Crippen LogP contribution in [0.15, 0.2) is 58.3 Å². The first-order chi connectivity index (χ1) is 14.3. The number of methoxy groups -OCH3 is 2. The summed E-state index contributed by atoms with van der Waals surface area (Å²) in [4.78, 5) is 0.423. The summed E-state index contributed by atoms with van der Waals surface area (Å²) in [6.45, 7) is 0. The van der Waals surface area contributed by atoms with E-state index in [0.717, 1.165) is 0 Å². The molecule has 4 rings (SSSR count). The van der Waals surface area contributed by atoms with Gasteiger partial charge in [0.1, 0.15) is 0 Å². The first-order valence-electron chi connectivity index (χ1n) is 9.83. The fraction of sp³-hybridized carbons (Fsp3) is 0.429. The van der Waals surface area contributed by atoms with E-state index in [1.807, 2.05) is 0 Å². The molecule has 2 bridgehead atoms. The van der Waals surface area contributed by atoms with Crippen molar-refractivity contribution in [3.63, 3.8) is 0 Å². The largest absolute Gasteiger partial charge is 0.493 e. The van der Waals surface area contributed by atoms with E-state index in [-0.39, 0.29) is 17.0 Å². The molecule has 30 heavy (non-hydrogen) atoms. The second-order valence-corrected chi connectivity index (χ2v) is 11.8. The number of sulfonamides is 1. The number of sulfone groups is 1. The molecule has 2 saturated heterocycles. The third kappa shape index (κ3) is 3.48. The van der Waals surface area contributed by atoms with Gasteiger partial charge in [-0.3, -0.25) is 0 Å². The molecule has 2 aromatic rings. The predicted molar refractivity (Wildman–Crippen MR) is 112 cm³/mol. The molecule has 0 radical (unpaired) electrons. The molecule has 0 aliphatic carbocycles. The molecule has 0 aromatic heterocycles. The molecule has 0 amide bonds. The Kier molecular flexibility index (Phi) is 5.54. The molecule has 7 nitrogen and oxygen atoms in total. The molecule has 2 aliphatic rings. The van der Waals surface area contributed by atoms with Gasteiger partial charge in [-0.05, 0) is 49.9 Å². The molecule has 0 saturated carbocycles. The van der Waals surface area contributed by atoms with Crippen LogP contribution in [0, 0.1) is 0 Å². The van der Waals surface area contributed by atoms with Crippen molar-refractivity contribution in [2.75, 3.05) is 14.2 Å². The molecule has 2 unspecified atom stereocenters. The Balaban J connectivity index is 1.63. The molecule has 0 N–H and O–H groups in total. The molecule has 9 heteroatoms. The standard InChI is InChI=1S/C21H25NO6S2/c1-27-20-11-10-18(14-21(20)28-2)30(25,26)22-15-8-9-16(22)13-19(12-15)29(23,24)17-6-4-3-5-7-17/h3-7,10-11,14-16,19H,8-9,12-13H2,1-2H3. The molecule has 2 aliphatic heterocycles. The van der Waals surface area contributed by atoms with E-state index in [2.05, 4.69) is 0 Å². The SMILES string of the molecule is COc1ccc(S(=O)(=O)N2C3CCC2CC(S(=O)(=O)c2ccccc2)C3)cc1OC. The second-order valence-electron chi connectivity index (χ2n) is 7.69. The smallest absolute Gasteiger partial charge is 0.243 e. The minimum atomic E-state index is -3.79. The molecule has 162 valence electrons. The van der Waals surface area contributed by atoms with Crippen LogP contribution in [0.2, 0.25) is 0 Å². The fourth-order valence-corrected chi connectivity index (χ4v) is 8.41. The van der Waals surface area contributed by atoms with Crippen molar-refractivity contribution in [3.8, 4) is 11.5 Å². The third-order valence-corrected chi connectivity index (χ3v) is 10.3. The zero-order chi connectivity index (χ0) is 21.5. The minimum Gasteiger partial charge on any atom is -0.493 e. The number of hydrogen-bond donors (Lipinski definition) is 0. The zero-order valence-corrected chi connectivity index (χ0v) is 18.5. The van der Waals surface area contributed by atoms with E-state index in [1.165, 1.54) is 30.7 Å². The minimum absolute atomic E-state index is 0.126. The summed E-state index contributed by atoms with van der Waals surface area (Å²) in [5, 5.41) is -0.575. The van der Waals surface area contributed by atoms with Gasteiger partial charge >= 0.3 is 0 Å². The van der Waals surface area contributed by atoms with Gasteiger partial charge in [-0.25, -0.2) is 16.8 Å². The van der Waals surface area contributed by atoms with Crippen LogP contribution in [0.3, 0.4) is 0 Å². The van der Waals surface area contributed by atoms with Gasteiger partial charge in [-0.1, -0.05) is 18.2 Å². The Hall–Kier alpha value is -2.10. The summed E-state index contributed by atoms with van der Waals surface area (Å²) in [5.74, 6) is 0.791. The summed E-state index contributed by atoms with van der Waals surface area (Å²) in [6, 6.07) is 12.3. The van der Waals surface area contributed by atoms with Gasteiger partial charge in [0.2, 0.25) is 10.0 Å². The Bertz CT molecular complexity index is 1120. The van der Waals surface area contributed by atoms with Crippen LogP contribution in [-0.4, -0.2) is 52.7 Å². The number of fused-ring (bicyclic) bond motifs is 2. The maximum atomic E-state index is 13.4. The van der Waals surface area contributed by atoms with E-state index in [4.69, 9.17) is 9.47 Å². The van der Waals surface area contributed by atoms with Crippen molar-refractivity contribution in [1.82, 2.24) is 4.31 Å². The lowest BCUT2D eigenvalue weighted by Crippen LogP contribution is -2.49. The number of hydrogen-bond acceptors (Lipinski definition) is 6. The van der Waals surface area contributed by atoms with Crippen LogP contribution in [0.4, 0.5) is 0 Å². The Labute approximate surface area is 177 Å². The number of benzene rings is 2. The van der Waals surface area contributed by atoms with Crippen molar-refractivity contribution in [3.05, 3.63) is 48.5 Å². The van der Waals surface area contributed by atoms with E-state index in [9.17, 15) is 16.8 Å². The van der Waals surface area contributed by atoms with Crippen LogP contribution in [0.1, 0.15) is 25.7 Å². The van der Waals surface area contributed by atoms with E-state index in [0.29, 0.717) is 42.1 Å². The van der Waals surface area contributed by atoms with Crippen LogP contribution in [-0.2, 0) is 19.9 Å². The molecular formula is C21H25NO6S2. The highest BCUT2D eigenvalue weighted by Gasteiger charge is 2.50. The lowest BCUT2D eigenvalue weighted by atomic mass is 10.1. The van der Waals surface area contributed by atoms with Gasteiger partial charge in [0.15, 0.2) is 21.3 Å². The normalized spacial score (nSPS) is 24.5. The molecule has 2 aromatic carbocycles. The Morgan fingerprint density at radius 3 is 1.97 bits per heavy atom. The summed E-state index contributed by atoms with van der Waals surface area (Å²) >= 11 is 0. The summed E-state index contributed by atoms with van der Waals surface area (Å²) in [5.41, 5.74) is 0. The van der Waals surface area contributed by atoms with Crippen molar-refractivity contribution in [2.24, 2.45) is 0 Å². The van der Waals surface area contributed by atoms with E-state index < -0.39 is 25.1 Å². The average Bonchev–Trinajstić information content (AvgIpc) is 3.04. The van der Waals surface area contributed by atoms with Crippen molar-refractivity contribution >= 4 is 19.9 Å². The zero-order valence-electron chi connectivity index (χ0n) is 16.9. The second kappa shape index (κ2) is 7.86. The van der Waals surface area contributed by atoms with Crippen LogP contribution >= 0.6 is 0 Å². The quantitative estimate of drug-likeness (QED) is 0.671. The van der Waals surface area contributed by atoms with Gasteiger partial charge in [-0.2, -0.15) is 4.31 Å². The van der Waals surface area contributed by atoms with Crippen molar-refractivity contribution in [2.45, 2.75) is 52.8 Å². The average molecular weight is 452 g/mol. The molecule has 2 fully saturated rings. The Morgan fingerprint density at radius 1 is 0.800 bits per heavy atom.